The van der Waals surface area contributed by atoms with Gasteiger partial charge < -0.3 is 24.3 Å². The Kier molecular flexibility index (Phi) is 20.5. The summed E-state index contributed by atoms with van der Waals surface area (Å²) in [5.41, 5.74) is 27.6. The third-order valence-corrected chi connectivity index (χ3v) is 26.7. The van der Waals surface area contributed by atoms with E-state index in [-0.39, 0.29) is 23.6 Å². The van der Waals surface area contributed by atoms with E-state index in [4.69, 9.17) is 27.9 Å². The first kappa shape index (κ1) is 75.0. The van der Waals surface area contributed by atoms with Crippen LogP contribution in [0.5, 0.6) is 5.75 Å². The van der Waals surface area contributed by atoms with Gasteiger partial charge in [-0.05, 0) is 100 Å². The number of para-hydroxylation sites is 3. The third-order valence-electron chi connectivity index (χ3n) is 20.8. The number of methoxy groups -OCH3 is 1. The highest BCUT2D eigenvalue weighted by Gasteiger charge is 2.59. The van der Waals surface area contributed by atoms with E-state index >= 15 is 0 Å². The van der Waals surface area contributed by atoms with E-state index in [1.807, 2.05) is 301 Å². The van der Waals surface area contributed by atoms with Gasteiger partial charge in [0.1, 0.15) is 25.9 Å². The van der Waals surface area contributed by atoms with Gasteiger partial charge in [0, 0.05) is 60.7 Å². The summed E-state index contributed by atoms with van der Waals surface area (Å²) in [6.07, 6.45) is 1.75. The summed E-state index contributed by atoms with van der Waals surface area (Å²) in [6, 6.07) is 105. The van der Waals surface area contributed by atoms with Crippen LogP contribution in [0.1, 0.15) is 66.9 Å². The van der Waals surface area contributed by atoms with Crippen LogP contribution in [0.2, 0.25) is 10.0 Å². The smallest absolute Gasteiger partial charge is 0.270 e. The molecule has 18 nitrogen and oxygen atoms in total. The number of nitrogens with zero attached hydrogens (tertiary/aromatic N) is 9. The second kappa shape index (κ2) is 31.8. The molecule has 4 unspecified atom stereocenters. The molecule has 0 aliphatic carbocycles. The molecular formula is C92H69Cl2N13O5S4. The molecule has 8 aliphatic heterocycles. The SMILES string of the molecule is COc1ccc2c(c1)C1(NN=C(c3ccccc3)S1)C(=O)N2Cc1ccccc1Cl.O=C1N(Cc2ccc3ccccc3c2)c2ccccc2C12NN=C(c1ccccc1)S2.O=C1N(Cc2cccc(Cl)c2)c2ccccc2C12NN=C(c1ccccc1)S2.O=C1N(Cc2ccccn2)c2ccccc2C12NN=C(c1ccccc1)S2. The predicted octanol–water partition coefficient (Wildman–Crippen LogP) is 18.2. The maximum Gasteiger partial charge on any atom is 0.270 e. The quantitative estimate of drug-likeness (QED) is 0.0849. The topological polar surface area (TPSA) is 201 Å². The van der Waals surface area contributed by atoms with E-state index in [1.54, 1.807) is 23.1 Å². The first-order valence-electron chi connectivity index (χ1n) is 37.3. The molecule has 0 bridgehead atoms. The Morgan fingerprint density at radius 1 is 0.336 bits per heavy atom. The number of hydrogen-bond donors (Lipinski definition) is 4. The molecule has 0 saturated carbocycles. The monoisotopic (exact) mass is 1630 g/mol. The van der Waals surface area contributed by atoms with Crippen molar-refractivity contribution < 1.29 is 23.9 Å². The van der Waals surface area contributed by atoms with Crippen LogP contribution in [0.4, 0.5) is 22.7 Å². The molecule has 12 aromatic carbocycles. The standard InChI is InChI=1S/C26H19N3OS.C23H18ClN3O2S.C22H16ClN3OS.C21H16N4OS/c30-25-26(28-27-24(31-26)20-9-2-1-3-10-20)22-12-6-7-13-23(22)29(25)17-18-14-15-19-8-4-5-11-21(19)16-18;1-29-17-11-12-20-18(13-17)23(26-25-21(30-23)15-7-3-2-4-8-15)22(28)27(20)14-16-9-5-6-10-19(16)24;23-17-10-6-7-15(13-17)14-26-19-12-5-4-11-18(19)22(21(26)27)25-24-20(28-22)16-8-2-1-3-9-16;26-20-21(24-23-19(27-21)15-8-2-1-3-9-15)17-11-4-5-12-18(17)25(20)14-16-10-6-7-13-22-16/h1-16,28H,17H2;2-13,26H,14H2,1H3;1-13,25H,14H2;1-13,24H,14H2. The van der Waals surface area contributed by atoms with E-state index in [2.05, 4.69) is 77.4 Å². The number of anilines is 4. The molecule has 0 saturated heterocycles. The zero-order valence-corrected chi connectivity index (χ0v) is 66.7. The van der Waals surface area contributed by atoms with Gasteiger partial charge in [-0.2, -0.15) is 20.4 Å². The maximum atomic E-state index is 13.8. The van der Waals surface area contributed by atoms with Gasteiger partial charge in [0.25, 0.3) is 23.6 Å². The number of halogens is 2. The largest absolute Gasteiger partial charge is 0.497 e. The minimum Gasteiger partial charge on any atom is -0.497 e. The highest BCUT2D eigenvalue weighted by Crippen LogP contribution is 2.56. The fourth-order valence-electron chi connectivity index (χ4n) is 15.2. The minimum absolute atomic E-state index is 0.0153. The van der Waals surface area contributed by atoms with Crippen LogP contribution in [0, 0.1) is 0 Å². The van der Waals surface area contributed by atoms with E-state index in [9.17, 15) is 19.2 Å². The lowest BCUT2D eigenvalue weighted by Gasteiger charge is -2.23. The van der Waals surface area contributed by atoms with Crippen molar-refractivity contribution in [1.29, 1.82) is 0 Å². The number of thioether (sulfide) groups is 4. The van der Waals surface area contributed by atoms with Gasteiger partial charge in [-0.25, -0.2) is 0 Å². The van der Waals surface area contributed by atoms with Gasteiger partial charge in [-0.1, -0.05) is 319 Å². The van der Waals surface area contributed by atoms with Gasteiger partial charge in [0.2, 0.25) is 19.5 Å². The predicted molar refractivity (Wildman–Crippen MR) is 470 cm³/mol. The number of ether oxygens (including phenoxy) is 1. The molecule has 9 heterocycles. The van der Waals surface area contributed by atoms with Crippen LogP contribution in [0.3, 0.4) is 0 Å². The van der Waals surface area contributed by atoms with Gasteiger partial charge in [0.05, 0.1) is 61.7 Å². The number of fused-ring (bicyclic) bond motifs is 9. The minimum atomic E-state index is -1.03. The Labute approximate surface area is 696 Å². The van der Waals surface area contributed by atoms with Crippen LogP contribution >= 0.6 is 70.2 Å². The first-order chi connectivity index (χ1) is 56.8. The van der Waals surface area contributed by atoms with Crippen LogP contribution in [-0.4, -0.2) is 55.9 Å². The lowest BCUT2D eigenvalue weighted by atomic mass is 10.1. The highest BCUT2D eigenvalue weighted by atomic mass is 35.5. The Morgan fingerprint density at radius 2 is 0.724 bits per heavy atom. The Morgan fingerprint density at radius 3 is 1.17 bits per heavy atom. The summed E-state index contributed by atoms with van der Waals surface area (Å²) in [4.78, 5) is 62.5. The Hall–Kier alpha value is -12.4. The summed E-state index contributed by atoms with van der Waals surface area (Å²) in [5, 5.41) is 25.0. The van der Waals surface area contributed by atoms with Crippen molar-refractivity contribution in [2.45, 2.75) is 45.7 Å². The third kappa shape index (κ3) is 13.8. The van der Waals surface area contributed by atoms with Gasteiger partial charge >= 0.3 is 0 Å². The van der Waals surface area contributed by atoms with Crippen molar-refractivity contribution in [2.75, 3.05) is 26.7 Å². The lowest BCUT2D eigenvalue weighted by molar-refractivity contribution is -0.121. The number of carbonyl (C=O) groups is 4. The summed E-state index contributed by atoms with van der Waals surface area (Å²) in [5.74, 6) is 0.588. The normalized spacial score (nSPS) is 20.0. The molecule has 570 valence electrons. The fourth-order valence-corrected chi connectivity index (χ4v) is 20.4. The van der Waals surface area contributed by atoms with Crippen molar-refractivity contribution in [3.8, 4) is 5.75 Å². The number of rotatable bonds is 13. The number of amides is 4. The number of hydrazone groups is 4. The fraction of sp³-hybridized carbons (Fsp3) is 0.0978. The van der Waals surface area contributed by atoms with Gasteiger partial charge in [-0.3, -0.25) is 45.9 Å². The number of benzene rings is 12. The molecule has 21 rings (SSSR count). The van der Waals surface area contributed by atoms with E-state index in [0.717, 1.165) is 110 Å². The zero-order valence-electron chi connectivity index (χ0n) is 62.0. The summed E-state index contributed by atoms with van der Waals surface area (Å²) in [6.45, 7) is 1.79. The van der Waals surface area contributed by atoms with Crippen molar-refractivity contribution in [1.82, 2.24) is 26.7 Å². The molecule has 4 amide bonds. The number of pyridine rings is 1. The van der Waals surface area contributed by atoms with Gasteiger partial charge in [0.15, 0.2) is 0 Å². The van der Waals surface area contributed by atoms with Crippen LogP contribution in [0.25, 0.3) is 10.8 Å². The number of hydrogen-bond acceptors (Lipinski definition) is 18. The van der Waals surface area contributed by atoms with Crippen LogP contribution < -0.4 is 46.0 Å². The van der Waals surface area contributed by atoms with E-state index in [1.165, 1.54) is 57.8 Å². The number of carbonyl (C=O) groups excluding carboxylic acids is 4. The van der Waals surface area contributed by atoms with Crippen LogP contribution in [0.15, 0.2) is 348 Å². The lowest BCUT2D eigenvalue weighted by Crippen LogP contribution is -2.44. The summed E-state index contributed by atoms with van der Waals surface area (Å²) in [7, 11) is 1.62. The second-order valence-corrected chi connectivity index (χ2v) is 33.6. The average molecular weight is 1640 g/mol. The molecular weight excluding hydrogens is 1570 g/mol. The second-order valence-electron chi connectivity index (χ2n) is 27.9. The number of aromatic nitrogens is 1. The maximum absolute atomic E-state index is 13.8. The summed E-state index contributed by atoms with van der Waals surface area (Å²) >= 11 is 18.4. The molecule has 116 heavy (non-hydrogen) atoms. The molecule has 24 heteroatoms. The summed E-state index contributed by atoms with van der Waals surface area (Å²) < 4.78 is 5.44. The van der Waals surface area contributed by atoms with Gasteiger partial charge in [-0.15, -0.1) is 0 Å². The Balaban J connectivity index is 0.000000107. The van der Waals surface area contributed by atoms with Crippen LogP contribution in [-0.2, 0) is 64.8 Å². The molecule has 13 aromatic rings. The van der Waals surface area contributed by atoms with E-state index in [0.29, 0.717) is 42.0 Å². The van der Waals surface area contributed by atoms with E-state index < -0.39 is 19.5 Å². The average Bonchev–Trinajstić information content (AvgIpc) is 1.59. The first-order valence-corrected chi connectivity index (χ1v) is 41.3. The molecule has 4 N–H and O–H groups in total. The number of nitrogens with one attached hydrogen (secondary N) is 4. The van der Waals surface area contributed by atoms with Crippen molar-refractivity contribution in [3.05, 3.63) is 405 Å². The van der Waals surface area contributed by atoms with Crippen molar-refractivity contribution >= 4 is 148 Å². The molecule has 1 aromatic heterocycles. The van der Waals surface area contributed by atoms with Crippen molar-refractivity contribution in [2.24, 2.45) is 20.4 Å². The van der Waals surface area contributed by atoms with Crippen molar-refractivity contribution in [3.63, 3.8) is 0 Å². The Bertz CT molecular complexity index is 6140. The highest BCUT2D eigenvalue weighted by molar-refractivity contribution is 8.17. The molecule has 4 spiro atoms. The molecule has 0 fully saturated rings. The molecule has 0 radical (unpaired) electrons. The molecule has 4 atom stereocenters. The zero-order chi connectivity index (χ0) is 79.0. The molecule has 8 aliphatic rings.